The summed E-state index contributed by atoms with van der Waals surface area (Å²) in [5, 5.41) is 16.8. The van der Waals surface area contributed by atoms with Crippen LogP contribution in [0, 0.1) is 11.3 Å². The number of nitriles is 1. The lowest BCUT2D eigenvalue weighted by atomic mass is 9.83. The summed E-state index contributed by atoms with van der Waals surface area (Å²) in [6.45, 7) is 0. The molecular formula is C10H9N5. The van der Waals surface area contributed by atoms with Gasteiger partial charge in [0, 0.05) is 12.1 Å². The van der Waals surface area contributed by atoms with E-state index >= 15 is 0 Å². The van der Waals surface area contributed by atoms with E-state index in [1.165, 1.54) is 19.3 Å². The van der Waals surface area contributed by atoms with Gasteiger partial charge in [0.15, 0.2) is 5.65 Å². The molecule has 0 atom stereocenters. The highest BCUT2D eigenvalue weighted by Gasteiger charge is 2.25. The summed E-state index contributed by atoms with van der Waals surface area (Å²) in [6.07, 6.45) is 6.85. The SMILES string of the molecule is N#Cc1cnc2c(C3CCC3)nnn2c1. The van der Waals surface area contributed by atoms with Crippen molar-refractivity contribution in [2.24, 2.45) is 0 Å². The summed E-state index contributed by atoms with van der Waals surface area (Å²) in [5.41, 5.74) is 2.27. The third kappa shape index (κ3) is 1.18. The van der Waals surface area contributed by atoms with E-state index in [9.17, 15) is 0 Å². The fourth-order valence-corrected chi connectivity index (χ4v) is 1.81. The minimum Gasteiger partial charge on any atom is -0.234 e. The van der Waals surface area contributed by atoms with Gasteiger partial charge in [-0.1, -0.05) is 11.6 Å². The third-order valence-corrected chi connectivity index (χ3v) is 2.90. The molecule has 0 bridgehead atoms. The van der Waals surface area contributed by atoms with Crippen LogP contribution >= 0.6 is 0 Å². The van der Waals surface area contributed by atoms with Crippen molar-refractivity contribution in [3.8, 4) is 6.07 Å². The highest BCUT2D eigenvalue weighted by molar-refractivity contribution is 5.46. The molecule has 2 aromatic heterocycles. The Labute approximate surface area is 86.4 Å². The van der Waals surface area contributed by atoms with Crippen LogP contribution in [0.4, 0.5) is 0 Å². The van der Waals surface area contributed by atoms with Gasteiger partial charge < -0.3 is 0 Å². The molecule has 15 heavy (non-hydrogen) atoms. The van der Waals surface area contributed by atoms with E-state index in [0.717, 1.165) is 11.3 Å². The smallest absolute Gasteiger partial charge is 0.179 e. The summed E-state index contributed by atoms with van der Waals surface area (Å²) in [6, 6.07) is 2.03. The molecule has 0 aliphatic heterocycles. The van der Waals surface area contributed by atoms with Crippen molar-refractivity contribution in [3.63, 3.8) is 0 Å². The zero-order valence-corrected chi connectivity index (χ0v) is 8.09. The molecule has 2 aromatic rings. The van der Waals surface area contributed by atoms with Crippen LogP contribution in [-0.2, 0) is 0 Å². The van der Waals surface area contributed by atoms with E-state index in [1.54, 1.807) is 16.9 Å². The molecule has 0 amide bonds. The van der Waals surface area contributed by atoms with E-state index in [-0.39, 0.29) is 0 Å². The molecule has 0 radical (unpaired) electrons. The Morgan fingerprint density at radius 3 is 3.00 bits per heavy atom. The van der Waals surface area contributed by atoms with E-state index in [1.807, 2.05) is 6.07 Å². The van der Waals surface area contributed by atoms with Crippen LogP contribution < -0.4 is 0 Å². The first-order valence-electron chi connectivity index (χ1n) is 4.99. The van der Waals surface area contributed by atoms with Gasteiger partial charge in [0.1, 0.15) is 11.8 Å². The zero-order valence-electron chi connectivity index (χ0n) is 8.09. The second-order valence-corrected chi connectivity index (χ2v) is 3.83. The molecule has 0 N–H and O–H groups in total. The predicted octanol–water partition coefficient (Wildman–Crippen LogP) is 1.26. The van der Waals surface area contributed by atoms with Gasteiger partial charge in [-0.25, -0.2) is 9.50 Å². The van der Waals surface area contributed by atoms with Gasteiger partial charge in [-0.3, -0.25) is 0 Å². The fraction of sp³-hybridized carbons (Fsp3) is 0.400. The Bertz CT molecular complexity index is 546. The van der Waals surface area contributed by atoms with Gasteiger partial charge in [-0.15, -0.1) is 5.10 Å². The standard InChI is InChI=1S/C10H9N5/c11-4-7-5-12-10-9(8-2-1-3-8)13-14-15(10)6-7/h5-6,8H,1-3H2. The van der Waals surface area contributed by atoms with E-state index in [2.05, 4.69) is 15.3 Å². The van der Waals surface area contributed by atoms with Gasteiger partial charge in [0.25, 0.3) is 0 Å². The normalized spacial score (nSPS) is 16.2. The number of rotatable bonds is 1. The van der Waals surface area contributed by atoms with Crippen molar-refractivity contribution >= 4 is 5.65 Å². The van der Waals surface area contributed by atoms with Gasteiger partial charge in [-0.2, -0.15) is 5.26 Å². The first-order valence-corrected chi connectivity index (χ1v) is 4.99. The highest BCUT2D eigenvalue weighted by Crippen LogP contribution is 2.36. The second-order valence-electron chi connectivity index (χ2n) is 3.83. The number of fused-ring (bicyclic) bond motifs is 1. The Hall–Kier alpha value is -1.96. The summed E-state index contributed by atoms with van der Waals surface area (Å²) in [7, 11) is 0. The molecule has 0 saturated heterocycles. The van der Waals surface area contributed by atoms with Crippen LogP contribution in [0.1, 0.15) is 36.4 Å². The Kier molecular flexibility index (Phi) is 1.68. The topological polar surface area (TPSA) is 66.9 Å². The number of hydrogen-bond donors (Lipinski definition) is 0. The average molecular weight is 199 g/mol. The van der Waals surface area contributed by atoms with Crippen molar-refractivity contribution in [1.29, 1.82) is 5.26 Å². The molecule has 5 nitrogen and oxygen atoms in total. The number of aromatic nitrogens is 4. The van der Waals surface area contributed by atoms with Crippen molar-refractivity contribution in [3.05, 3.63) is 23.7 Å². The van der Waals surface area contributed by atoms with E-state index in [0.29, 0.717) is 11.5 Å². The first-order chi connectivity index (χ1) is 7.38. The predicted molar refractivity (Wildman–Crippen MR) is 52.1 cm³/mol. The van der Waals surface area contributed by atoms with Crippen LogP contribution in [0.5, 0.6) is 0 Å². The van der Waals surface area contributed by atoms with Gasteiger partial charge in [0.05, 0.1) is 11.8 Å². The molecule has 2 heterocycles. The summed E-state index contributed by atoms with van der Waals surface area (Å²) >= 11 is 0. The maximum absolute atomic E-state index is 8.72. The van der Waals surface area contributed by atoms with E-state index in [4.69, 9.17) is 5.26 Å². The number of nitrogens with zero attached hydrogens (tertiary/aromatic N) is 5. The lowest BCUT2D eigenvalue weighted by Gasteiger charge is -2.22. The lowest BCUT2D eigenvalue weighted by Crippen LogP contribution is -2.10. The molecule has 3 rings (SSSR count). The maximum Gasteiger partial charge on any atom is 0.179 e. The van der Waals surface area contributed by atoms with Gasteiger partial charge in [-0.05, 0) is 12.8 Å². The van der Waals surface area contributed by atoms with Crippen molar-refractivity contribution < 1.29 is 0 Å². The highest BCUT2D eigenvalue weighted by atomic mass is 15.4. The molecule has 1 aliphatic rings. The number of hydrogen-bond acceptors (Lipinski definition) is 4. The fourth-order valence-electron chi connectivity index (χ4n) is 1.81. The lowest BCUT2D eigenvalue weighted by molar-refractivity contribution is 0.412. The van der Waals surface area contributed by atoms with Crippen LogP contribution in [0.3, 0.4) is 0 Å². The maximum atomic E-state index is 8.72. The summed E-state index contributed by atoms with van der Waals surface area (Å²) < 4.78 is 1.59. The molecule has 1 fully saturated rings. The molecule has 1 aliphatic carbocycles. The zero-order chi connectivity index (χ0) is 10.3. The summed E-state index contributed by atoms with van der Waals surface area (Å²) in [5.74, 6) is 0.517. The molecule has 0 aromatic carbocycles. The molecule has 0 unspecified atom stereocenters. The monoisotopic (exact) mass is 199 g/mol. The van der Waals surface area contributed by atoms with Crippen molar-refractivity contribution in [2.75, 3.05) is 0 Å². The first kappa shape index (κ1) is 8.36. The minimum atomic E-state index is 0.507. The third-order valence-electron chi connectivity index (χ3n) is 2.90. The van der Waals surface area contributed by atoms with Crippen molar-refractivity contribution in [2.45, 2.75) is 25.2 Å². The van der Waals surface area contributed by atoms with Gasteiger partial charge >= 0.3 is 0 Å². The van der Waals surface area contributed by atoms with Crippen molar-refractivity contribution in [1.82, 2.24) is 19.8 Å². The largest absolute Gasteiger partial charge is 0.234 e. The van der Waals surface area contributed by atoms with E-state index < -0.39 is 0 Å². The molecule has 1 saturated carbocycles. The Balaban J connectivity index is 2.14. The minimum absolute atomic E-state index is 0.507. The van der Waals surface area contributed by atoms with Gasteiger partial charge in [0.2, 0.25) is 0 Å². The summed E-state index contributed by atoms with van der Waals surface area (Å²) in [4.78, 5) is 4.23. The van der Waals surface area contributed by atoms with Crippen LogP contribution in [-0.4, -0.2) is 19.8 Å². The molecule has 74 valence electrons. The van der Waals surface area contributed by atoms with Crippen LogP contribution in [0.15, 0.2) is 12.4 Å². The quantitative estimate of drug-likeness (QED) is 0.693. The Morgan fingerprint density at radius 2 is 2.33 bits per heavy atom. The second kappa shape index (κ2) is 3.02. The molecule has 0 spiro atoms. The van der Waals surface area contributed by atoms with Crippen LogP contribution in [0.2, 0.25) is 0 Å². The molecule has 5 heteroatoms. The Morgan fingerprint density at radius 1 is 1.47 bits per heavy atom. The van der Waals surface area contributed by atoms with Crippen LogP contribution in [0.25, 0.3) is 5.65 Å². The average Bonchev–Trinajstić information content (AvgIpc) is 2.59. The molecular weight excluding hydrogens is 190 g/mol.